The number of anilines is 1. The lowest BCUT2D eigenvalue weighted by Crippen LogP contribution is -2.43. The summed E-state index contributed by atoms with van der Waals surface area (Å²) in [5.41, 5.74) is 1.18. The second-order valence-electron chi connectivity index (χ2n) is 6.01. The van der Waals surface area contributed by atoms with Gasteiger partial charge in [-0.15, -0.1) is 0 Å². The SMILES string of the molecule is O=C(Nc1ccc(F)cc1Cl)[C@H]1CCCN1C(=O)OCc1ccccc1. The van der Waals surface area contributed by atoms with Gasteiger partial charge in [0.2, 0.25) is 5.91 Å². The van der Waals surface area contributed by atoms with Crippen molar-refractivity contribution in [1.82, 2.24) is 4.90 Å². The van der Waals surface area contributed by atoms with E-state index >= 15 is 0 Å². The molecule has 0 aliphatic carbocycles. The van der Waals surface area contributed by atoms with Gasteiger partial charge in [-0.05, 0) is 36.6 Å². The van der Waals surface area contributed by atoms with Gasteiger partial charge in [-0.25, -0.2) is 9.18 Å². The van der Waals surface area contributed by atoms with Gasteiger partial charge in [0.25, 0.3) is 0 Å². The second kappa shape index (κ2) is 8.19. The number of amides is 2. The quantitative estimate of drug-likeness (QED) is 0.869. The van der Waals surface area contributed by atoms with Crippen LogP contribution in [0.3, 0.4) is 0 Å². The molecule has 136 valence electrons. The molecule has 1 heterocycles. The molecule has 3 rings (SSSR count). The number of likely N-dealkylation sites (tertiary alicyclic amines) is 1. The Labute approximate surface area is 155 Å². The van der Waals surface area contributed by atoms with Crippen molar-refractivity contribution in [3.8, 4) is 0 Å². The fourth-order valence-electron chi connectivity index (χ4n) is 2.87. The standard InChI is InChI=1S/C19H18ClFN2O3/c20-15-11-14(21)8-9-16(15)22-18(24)17-7-4-10-23(17)19(25)26-12-13-5-2-1-3-6-13/h1-3,5-6,8-9,11,17H,4,7,10,12H2,(H,22,24)/t17-/m1/s1. The minimum absolute atomic E-state index is 0.106. The fourth-order valence-corrected chi connectivity index (χ4v) is 3.08. The highest BCUT2D eigenvalue weighted by molar-refractivity contribution is 6.33. The highest BCUT2D eigenvalue weighted by Gasteiger charge is 2.35. The van der Waals surface area contributed by atoms with Crippen molar-refractivity contribution in [1.29, 1.82) is 0 Å². The molecule has 26 heavy (non-hydrogen) atoms. The molecule has 1 aliphatic heterocycles. The van der Waals surface area contributed by atoms with Gasteiger partial charge in [0, 0.05) is 6.54 Å². The van der Waals surface area contributed by atoms with Crippen molar-refractivity contribution in [3.05, 3.63) is 64.9 Å². The molecule has 0 bridgehead atoms. The molecule has 1 fully saturated rings. The van der Waals surface area contributed by atoms with Crippen LogP contribution in [0.15, 0.2) is 48.5 Å². The van der Waals surface area contributed by atoms with Crippen LogP contribution in [0.2, 0.25) is 5.02 Å². The minimum atomic E-state index is -0.639. The van der Waals surface area contributed by atoms with E-state index in [0.29, 0.717) is 25.1 Å². The minimum Gasteiger partial charge on any atom is -0.445 e. The molecule has 0 radical (unpaired) electrons. The van der Waals surface area contributed by atoms with E-state index < -0.39 is 18.0 Å². The molecule has 1 N–H and O–H groups in total. The lowest BCUT2D eigenvalue weighted by Gasteiger charge is -2.23. The van der Waals surface area contributed by atoms with Crippen LogP contribution in [-0.4, -0.2) is 29.5 Å². The Hall–Kier alpha value is -2.60. The maximum absolute atomic E-state index is 13.1. The second-order valence-corrected chi connectivity index (χ2v) is 6.41. The van der Waals surface area contributed by atoms with E-state index in [2.05, 4.69) is 5.32 Å². The average Bonchev–Trinajstić information content (AvgIpc) is 3.13. The van der Waals surface area contributed by atoms with Crippen molar-refractivity contribution < 1.29 is 18.7 Å². The third kappa shape index (κ3) is 4.32. The van der Waals surface area contributed by atoms with Gasteiger partial charge < -0.3 is 10.1 Å². The molecule has 1 aliphatic rings. The lowest BCUT2D eigenvalue weighted by molar-refractivity contribution is -0.120. The van der Waals surface area contributed by atoms with Gasteiger partial charge in [-0.3, -0.25) is 9.69 Å². The summed E-state index contributed by atoms with van der Waals surface area (Å²) in [4.78, 5) is 26.3. The molecular formula is C19H18ClFN2O3. The van der Waals surface area contributed by atoms with Crippen molar-refractivity contribution in [2.24, 2.45) is 0 Å². The number of nitrogens with one attached hydrogen (secondary N) is 1. The number of carbonyl (C=O) groups is 2. The predicted octanol–water partition coefficient (Wildman–Crippen LogP) is 4.22. The van der Waals surface area contributed by atoms with E-state index in [-0.39, 0.29) is 17.5 Å². The van der Waals surface area contributed by atoms with E-state index in [9.17, 15) is 14.0 Å². The number of hydrogen-bond donors (Lipinski definition) is 1. The van der Waals surface area contributed by atoms with Crippen LogP contribution < -0.4 is 5.32 Å². The van der Waals surface area contributed by atoms with Gasteiger partial charge in [-0.2, -0.15) is 0 Å². The molecule has 0 unspecified atom stereocenters. The summed E-state index contributed by atoms with van der Waals surface area (Å²) in [6.45, 7) is 0.594. The largest absolute Gasteiger partial charge is 0.445 e. The third-order valence-corrected chi connectivity index (χ3v) is 4.50. The zero-order chi connectivity index (χ0) is 18.5. The lowest BCUT2D eigenvalue weighted by atomic mass is 10.2. The molecule has 1 atom stereocenters. The summed E-state index contributed by atoms with van der Waals surface area (Å²) in [6, 6.07) is 12.4. The summed E-state index contributed by atoms with van der Waals surface area (Å²) in [5.74, 6) is -0.854. The molecule has 2 aromatic carbocycles. The number of rotatable bonds is 4. The number of carbonyl (C=O) groups excluding carboxylic acids is 2. The van der Waals surface area contributed by atoms with E-state index in [1.165, 1.54) is 17.0 Å². The Morgan fingerprint density at radius 1 is 1.23 bits per heavy atom. The van der Waals surface area contributed by atoms with E-state index in [1.807, 2.05) is 30.3 Å². The first-order valence-electron chi connectivity index (χ1n) is 8.28. The van der Waals surface area contributed by atoms with Gasteiger partial charge in [0.1, 0.15) is 18.5 Å². The Morgan fingerprint density at radius 2 is 2.00 bits per heavy atom. The topological polar surface area (TPSA) is 58.6 Å². The summed E-state index contributed by atoms with van der Waals surface area (Å²) >= 11 is 5.94. The highest BCUT2D eigenvalue weighted by atomic mass is 35.5. The van der Waals surface area contributed by atoms with Gasteiger partial charge >= 0.3 is 6.09 Å². The van der Waals surface area contributed by atoms with Crippen molar-refractivity contribution >= 4 is 29.3 Å². The first-order chi connectivity index (χ1) is 12.5. The number of hydrogen-bond acceptors (Lipinski definition) is 3. The van der Waals surface area contributed by atoms with Crippen LogP contribution in [-0.2, 0) is 16.1 Å². The first kappa shape index (κ1) is 18.2. The average molecular weight is 377 g/mol. The monoisotopic (exact) mass is 376 g/mol. The summed E-state index contributed by atoms with van der Waals surface area (Å²) in [7, 11) is 0. The van der Waals surface area contributed by atoms with Crippen LogP contribution in [0.5, 0.6) is 0 Å². The maximum atomic E-state index is 13.1. The molecule has 1 saturated heterocycles. The van der Waals surface area contributed by atoms with Crippen molar-refractivity contribution in [2.45, 2.75) is 25.5 Å². The smallest absolute Gasteiger partial charge is 0.410 e. The van der Waals surface area contributed by atoms with E-state index in [0.717, 1.165) is 11.6 Å². The maximum Gasteiger partial charge on any atom is 0.410 e. The Balaban J connectivity index is 1.61. The van der Waals surface area contributed by atoms with Crippen LogP contribution in [0.25, 0.3) is 0 Å². The first-order valence-corrected chi connectivity index (χ1v) is 8.65. The van der Waals surface area contributed by atoms with Crippen LogP contribution >= 0.6 is 11.6 Å². The summed E-state index contributed by atoms with van der Waals surface area (Å²) in [6.07, 6.45) is 0.706. The number of nitrogens with zero attached hydrogens (tertiary/aromatic N) is 1. The normalized spacial score (nSPS) is 16.4. The van der Waals surface area contributed by atoms with E-state index in [4.69, 9.17) is 16.3 Å². The third-order valence-electron chi connectivity index (χ3n) is 4.18. The van der Waals surface area contributed by atoms with Crippen LogP contribution in [0, 0.1) is 5.82 Å². The Morgan fingerprint density at radius 3 is 2.73 bits per heavy atom. The molecule has 2 aromatic rings. The molecule has 5 nitrogen and oxygen atoms in total. The number of halogens is 2. The Kier molecular flexibility index (Phi) is 5.73. The fraction of sp³-hybridized carbons (Fsp3) is 0.263. The molecule has 0 saturated carbocycles. The molecule has 7 heteroatoms. The van der Waals surface area contributed by atoms with Gasteiger partial charge in [-0.1, -0.05) is 41.9 Å². The summed E-state index contributed by atoms with van der Waals surface area (Å²) in [5, 5.41) is 2.76. The number of ether oxygens (including phenoxy) is 1. The molecular weight excluding hydrogens is 359 g/mol. The zero-order valence-corrected chi connectivity index (χ0v) is 14.7. The van der Waals surface area contributed by atoms with Crippen LogP contribution in [0.1, 0.15) is 18.4 Å². The Bertz CT molecular complexity index is 801. The molecule has 0 spiro atoms. The van der Waals surface area contributed by atoms with Crippen molar-refractivity contribution in [2.75, 3.05) is 11.9 Å². The van der Waals surface area contributed by atoms with Gasteiger partial charge in [0.15, 0.2) is 0 Å². The highest BCUT2D eigenvalue weighted by Crippen LogP contribution is 2.25. The molecule has 0 aromatic heterocycles. The van der Waals surface area contributed by atoms with Gasteiger partial charge in [0.05, 0.1) is 10.7 Å². The summed E-state index contributed by atoms with van der Waals surface area (Å²) < 4.78 is 18.4. The van der Waals surface area contributed by atoms with Crippen molar-refractivity contribution in [3.63, 3.8) is 0 Å². The zero-order valence-electron chi connectivity index (χ0n) is 14.0. The molecule has 2 amide bonds. The van der Waals surface area contributed by atoms with Crippen LogP contribution in [0.4, 0.5) is 14.9 Å². The predicted molar refractivity (Wildman–Crippen MR) is 96.4 cm³/mol. The number of benzene rings is 2. The van der Waals surface area contributed by atoms with E-state index in [1.54, 1.807) is 0 Å².